The zero-order valence-electron chi connectivity index (χ0n) is 27.4. The summed E-state index contributed by atoms with van der Waals surface area (Å²) < 4.78 is 5.45. The molecular formula is C37H53N3O5. The molecule has 8 nitrogen and oxygen atoms in total. The monoisotopic (exact) mass is 619 g/mol. The summed E-state index contributed by atoms with van der Waals surface area (Å²) in [6.07, 6.45) is 13.5. The predicted octanol–water partition coefficient (Wildman–Crippen LogP) is 7.21. The number of carbonyl (C=O) groups excluding carboxylic acids is 2. The molecular weight excluding hydrogens is 566 g/mol. The number of carbonyl (C=O) groups is 3. The van der Waals surface area contributed by atoms with Gasteiger partial charge in [-0.1, -0.05) is 39.0 Å². The number of hydrogen-bond acceptors (Lipinski definition) is 4. The molecule has 5 N–H and O–H groups in total. The van der Waals surface area contributed by atoms with E-state index in [4.69, 9.17) is 10.5 Å². The van der Waals surface area contributed by atoms with Crippen LogP contribution in [-0.4, -0.2) is 40.2 Å². The second-order valence-corrected chi connectivity index (χ2v) is 15.7. The molecule has 0 radical (unpaired) electrons. The molecule has 2 amide bonds. The standard InChI is InChI=1S/C37H53N3O5/c1-22(8-13-33(41)40-25(20-34(42)43)18-23-21-39-32-7-5-4-6-27(23)32)29-11-12-30-28-10-9-24-19-26(45-35(38)44)14-16-36(24,2)31(28)15-17-37(29,30)3/h4-7,21-22,24-26,28-31,39H,8-20H2,1-3H3,(H2,38,44)(H,40,41)(H,42,43)/t22-,24-,25+,26+,28+,29-,30+,31+,36+,37-/m1/s1. The van der Waals surface area contributed by atoms with Crippen molar-refractivity contribution >= 4 is 28.9 Å². The van der Waals surface area contributed by atoms with E-state index in [1.807, 2.05) is 30.5 Å². The molecule has 4 aliphatic carbocycles. The van der Waals surface area contributed by atoms with Crippen molar-refractivity contribution in [2.24, 2.45) is 52.1 Å². The highest BCUT2D eigenvalue weighted by atomic mass is 16.6. The minimum atomic E-state index is -0.899. The fourth-order valence-electron chi connectivity index (χ4n) is 11.3. The van der Waals surface area contributed by atoms with Crippen LogP contribution in [0.2, 0.25) is 0 Å². The molecule has 0 spiro atoms. The van der Waals surface area contributed by atoms with Crippen molar-refractivity contribution in [3.05, 3.63) is 36.0 Å². The summed E-state index contributed by atoms with van der Waals surface area (Å²) in [6, 6.07) is 7.54. The minimum absolute atomic E-state index is 0.0205. The highest BCUT2D eigenvalue weighted by Gasteiger charge is 2.60. The van der Waals surface area contributed by atoms with E-state index in [0.717, 1.165) is 59.9 Å². The lowest BCUT2D eigenvalue weighted by atomic mass is 9.44. The van der Waals surface area contributed by atoms with Crippen LogP contribution >= 0.6 is 0 Å². The summed E-state index contributed by atoms with van der Waals surface area (Å²) in [5.74, 6) is 2.97. The largest absolute Gasteiger partial charge is 0.481 e. The van der Waals surface area contributed by atoms with Gasteiger partial charge in [-0.25, -0.2) is 4.79 Å². The molecule has 45 heavy (non-hydrogen) atoms. The van der Waals surface area contributed by atoms with Crippen LogP contribution in [0.5, 0.6) is 0 Å². The molecule has 4 aliphatic rings. The van der Waals surface area contributed by atoms with Crippen LogP contribution in [0, 0.1) is 46.3 Å². The summed E-state index contributed by atoms with van der Waals surface area (Å²) in [5, 5.41) is 13.7. The number of nitrogens with one attached hydrogen (secondary N) is 2. The molecule has 246 valence electrons. The molecule has 1 heterocycles. The number of fused-ring (bicyclic) bond motifs is 6. The highest BCUT2D eigenvalue weighted by Crippen LogP contribution is 2.68. The Morgan fingerprint density at radius 2 is 1.80 bits per heavy atom. The van der Waals surface area contributed by atoms with Crippen LogP contribution in [0.4, 0.5) is 4.79 Å². The van der Waals surface area contributed by atoms with Crippen molar-refractivity contribution in [1.82, 2.24) is 10.3 Å². The van der Waals surface area contributed by atoms with Crippen LogP contribution in [0.1, 0.15) is 103 Å². The van der Waals surface area contributed by atoms with Gasteiger partial charge >= 0.3 is 12.1 Å². The number of nitrogens with two attached hydrogens (primary N) is 1. The molecule has 1 aromatic carbocycles. The van der Waals surface area contributed by atoms with E-state index in [0.29, 0.717) is 41.4 Å². The van der Waals surface area contributed by atoms with Crippen LogP contribution in [0.3, 0.4) is 0 Å². The lowest BCUT2D eigenvalue weighted by Crippen LogP contribution is -2.54. The van der Waals surface area contributed by atoms with Gasteiger partial charge in [0.15, 0.2) is 0 Å². The topological polar surface area (TPSA) is 135 Å². The Kier molecular flexibility index (Phi) is 8.97. The van der Waals surface area contributed by atoms with Crippen molar-refractivity contribution < 1.29 is 24.2 Å². The van der Waals surface area contributed by atoms with Gasteiger partial charge in [0.25, 0.3) is 0 Å². The minimum Gasteiger partial charge on any atom is -0.481 e. The number of amides is 2. The number of carboxylic acid groups (broad SMARTS) is 1. The number of H-pyrrole nitrogens is 1. The van der Waals surface area contributed by atoms with Crippen LogP contribution in [0.15, 0.2) is 30.5 Å². The Balaban J connectivity index is 1.05. The number of primary amides is 1. The van der Waals surface area contributed by atoms with Gasteiger partial charge in [-0.3, -0.25) is 9.59 Å². The number of aliphatic carboxylic acids is 1. The fourth-order valence-corrected chi connectivity index (χ4v) is 11.3. The predicted molar refractivity (Wildman–Crippen MR) is 174 cm³/mol. The molecule has 1 aromatic heterocycles. The molecule has 6 rings (SSSR count). The summed E-state index contributed by atoms with van der Waals surface area (Å²) >= 11 is 0. The Morgan fingerprint density at radius 3 is 2.58 bits per heavy atom. The van der Waals surface area contributed by atoms with Gasteiger partial charge in [-0.2, -0.15) is 0 Å². The average Bonchev–Trinajstić information content (AvgIpc) is 3.56. The first-order valence-electron chi connectivity index (χ1n) is 17.5. The van der Waals surface area contributed by atoms with Gasteiger partial charge < -0.3 is 25.9 Å². The number of aromatic nitrogens is 1. The maximum atomic E-state index is 13.2. The van der Waals surface area contributed by atoms with E-state index in [1.54, 1.807) is 0 Å². The van der Waals surface area contributed by atoms with Crippen LogP contribution in [-0.2, 0) is 20.7 Å². The van der Waals surface area contributed by atoms with E-state index in [2.05, 4.69) is 31.1 Å². The number of ether oxygens (including phenoxy) is 1. The molecule has 2 aromatic rings. The van der Waals surface area contributed by atoms with E-state index < -0.39 is 18.1 Å². The number of rotatable bonds is 10. The molecule has 0 unspecified atom stereocenters. The Morgan fingerprint density at radius 1 is 1.04 bits per heavy atom. The second kappa shape index (κ2) is 12.6. The first kappa shape index (κ1) is 31.9. The van der Waals surface area contributed by atoms with Crippen molar-refractivity contribution in [2.45, 2.75) is 116 Å². The highest BCUT2D eigenvalue weighted by molar-refractivity contribution is 5.83. The zero-order valence-corrected chi connectivity index (χ0v) is 27.4. The third-order valence-electron chi connectivity index (χ3n) is 13.4. The second-order valence-electron chi connectivity index (χ2n) is 15.7. The first-order valence-corrected chi connectivity index (χ1v) is 17.5. The van der Waals surface area contributed by atoms with E-state index in [1.165, 1.54) is 38.5 Å². The third-order valence-corrected chi connectivity index (χ3v) is 13.4. The van der Waals surface area contributed by atoms with E-state index in [-0.39, 0.29) is 18.4 Å². The number of para-hydroxylation sites is 1. The molecule has 10 atom stereocenters. The molecule has 0 aliphatic heterocycles. The third kappa shape index (κ3) is 6.23. The van der Waals surface area contributed by atoms with Gasteiger partial charge in [0.2, 0.25) is 5.91 Å². The number of carboxylic acids is 1. The number of hydrogen-bond donors (Lipinski definition) is 4. The molecule has 4 fully saturated rings. The van der Waals surface area contributed by atoms with Crippen molar-refractivity contribution in [3.63, 3.8) is 0 Å². The Hall–Kier alpha value is -3.03. The van der Waals surface area contributed by atoms with Gasteiger partial charge in [0, 0.05) is 29.6 Å². The van der Waals surface area contributed by atoms with Crippen molar-refractivity contribution in [2.75, 3.05) is 0 Å². The summed E-state index contributed by atoms with van der Waals surface area (Å²) in [7, 11) is 0. The Labute approximate surface area is 267 Å². The van der Waals surface area contributed by atoms with E-state index in [9.17, 15) is 19.5 Å². The molecule has 8 heteroatoms. The molecule has 0 saturated heterocycles. The molecule has 0 bridgehead atoms. The van der Waals surface area contributed by atoms with E-state index >= 15 is 0 Å². The summed E-state index contributed by atoms with van der Waals surface area (Å²) in [6.45, 7) is 7.43. The van der Waals surface area contributed by atoms with Gasteiger partial charge in [-0.15, -0.1) is 0 Å². The lowest BCUT2D eigenvalue weighted by Gasteiger charge is -2.61. The quantitative estimate of drug-likeness (QED) is 0.223. The van der Waals surface area contributed by atoms with Crippen molar-refractivity contribution in [1.29, 1.82) is 0 Å². The van der Waals surface area contributed by atoms with Crippen LogP contribution < -0.4 is 11.1 Å². The smallest absolute Gasteiger partial charge is 0.404 e. The fraction of sp³-hybridized carbons (Fsp3) is 0.703. The average molecular weight is 620 g/mol. The van der Waals surface area contributed by atoms with Gasteiger partial charge in [0.1, 0.15) is 6.10 Å². The van der Waals surface area contributed by atoms with Crippen molar-refractivity contribution in [3.8, 4) is 0 Å². The van der Waals surface area contributed by atoms with Gasteiger partial charge in [-0.05, 0) is 129 Å². The SMILES string of the molecule is C[C@H](CCC(=O)N[C@H](CC(=O)O)Cc1c[nH]c2ccccc12)[C@H]1CC[C@H]2[C@@H]3CC[C@@H]4C[C@@H](OC(N)=O)CC[C@]4(C)[C@H]3CC[C@]12C. The maximum Gasteiger partial charge on any atom is 0.404 e. The first-order chi connectivity index (χ1) is 21.5. The zero-order chi connectivity index (χ0) is 31.9. The van der Waals surface area contributed by atoms with Crippen LogP contribution in [0.25, 0.3) is 10.9 Å². The normalized spacial score (nSPS) is 35.4. The number of benzene rings is 1. The lowest BCUT2D eigenvalue weighted by molar-refractivity contribution is -0.137. The Bertz CT molecular complexity index is 1410. The summed E-state index contributed by atoms with van der Waals surface area (Å²) in [5.41, 5.74) is 8.03. The maximum absolute atomic E-state index is 13.2. The number of aromatic amines is 1. The molecule has 4 saturated carbocycles. The van der Waals surface area contributed by atoms with Gasteiger partial charge in [0.05, 0.1) is 6.42 Å². The summed E-state index contributed by atoms with van der Waals surface area (Å²) in [4.78, 5) is 39.5.